The Balaban J connectivity index is 1.47. The predicted molar refractivity (Wildman–Crippen MR) is 77.9 cm³/mol. The predicted octanol–water partition coefficient (Wildman–Crippen LogP) is 1.70. The van der Waals surface area contributed by atoms with Gasteiger partial charge in [-0.1, -0.05) is 4.49 Å². The first-order valence-corrected chi connectivity index (χ1v) is 7.50. The number of nitrogens with one attached hydrogen (secondary N) is 1. The van der Waals surface area contributed by atoms with Crippen LogP contribution in [0.2, 0.25) is 0 Å². The van der Waals surface area contributed by atoms with Crippen molar-refractivity contribution in [1.82, 2.24) is 14.9 Å². The van der Waals surface area contributed by atoms with Crippen LogP contribution in [0.15, 0.2) is 30.5 Å². The molecule has 1 aromatic carbocycles. The third-order valence-corrected chi connectivity index (χ3v) is 3.88. The molecule has 1 fully saturated rings. The zero-order valence-electron chi connectivity index (χ0n) is 11.0. The van der Waals surface area contributed by atoms with Crippen LogP contribution < -0.4 is 10.1 Å². The molecule has 2 aromatic rings. The van der Waals surface area contributed by atoms with Gasteiger partial charge < -0.3 is 15.2 Å². The summed E-state index contributed by atoms with van der Waals surface area (Å²) in [4.78, 5) is 1.03. The minimum atomic E-state index is -0.471. The highest BCUT2D eigenvalue weighted by atomic mass is 32.1. The lowest BCUT2D eigenvalue weighted by atomic mass is 10.2. The van der Waals surface area contributed by atoms with Crippen LogP contribution in [0.1, 0.15) is 12.8 Å². The van der Waals surface area contributed by atoms with Crippen LogP contribution in [-0.4, -0.2) is 40.0 Å². The second-order valence-corrected chi connectivity index (χ2v) is 5.74. The summed E-state index contributed by atoms with van der Waals surface area (Å²) in [5.41, 5.74) is 1.07. The molecule has 0 saturated heterocycles. The molecule has 0 radical (unpaired) electrons. The molecular weight excluding hydrogens is 274 g/mol. The Hall–Kier alpha value is -1.50. The van der Waals surface area contributed by atoms with Crippen LogP contribution in [0, 0.1) is 0 Å². The highest BCUT2D eigenvalue weighted by molar-refractivity contribution is 7.09. The Labute approximate surface area is 121 Å². The maximum atomic E-state index is 9.79. The average molecular weight is 291 g/mol. The number of aliphatic hydroxyl groups excluding tert-OH is 1. The van der Waals surface area contributed by atoms with Gasteiger partial charge in [-0.15, -0.1) is 5.10 Å². The van der Waals surface area contributed by atoms with Gasteiger partial charge in [0.2, 0.25) is 0 Å². The van der Waals surface area contributed by atoms with Gasteiger partial charge in [0.05, 0.1) is 11.1 Å². The molecule has 0 spiro atoms. The lowest BCUT2D eigenvalue weighted by Gasteiger charge is -2.13. The highest BCUT2D eigenvalue weighted by Gasteiger charge is 2.21. The molecule has 0 amide bonds. The van der Waals surface area contributed by atoms with Crippen molar-refractivity contribution in [2.75, 3.05) is 13.2 Å². The zero-order valence-corrected chi connectivity index (χ0v) is 11.8. The summed E-state index contributed by atoms with van der Waals surface area (Å²) in [6.45, 7) is 0.899. The van der Waals surface area contributed by atoms with E-state index in [0.717, 1.165) is 16.2 Å². The van der Waals surface area contributed by atoms with Crippen molar-refractivity contribution in [3.63, 3.8) is 0 Å². The van der Waals surface area contributed by atoms with E-state index in [1.807, 2.05) is 24.3 Å². The van der Waals surface area contributed by atoms with Crippen molar-refractivity contribution < 1.29 is 9.84 Å². The normalized spacial score (nSPS) is 16.1. The molecule has 2 N–H and O–H groups in total. The summed E-state index contributed by atoms with van der Waals surface area (Å²) in [7, 11) is 0. The third kappa shape index (κ3) is 3.75. The van der Waals surface area contributed by atoms with Crippen molar-refractivity contribution in [3.05, 3.63) is 30.5 Å². The molecule has 1 atom stereocenters. The van der Waals surface area contributed by atoms with Gasteiger partial charge in [-0.25, -0.2) is 0 Å². The molecule has 1 aliphatic carbocycles. The van der Waals surface area contributed by atoms with Gasteiger partial charge in [0.15, 0.2) is 0 Å². The second kappa shape index (κ2) is 6.30. The number of rotatable bonds is 7. The number of hydrogen-bond donors (Lipinski definition) is 2. The van der Waals surface area contributed by atoms with Crippen LogP contribution in [0.4, 0.5) is 0 Å². The van der Waals surface area contributed by atoms with Gasteiger partial charge in [-0.3, -0.25) is 0 Å². The summed E-state index contributed by atoms with van der Waals surface area (Å²) < 4.78 is 9.42. The van der Waals surface area contributed by atoms with Gasteiger partial charge in [-0.05, 0) is 54.2 Å². The van der Waals surface area contributed by atoms with E-state index >= 15 is 0 Å². The molecule has 1 unspecified atom stereocenters. The Morgan fingerprint density at radius 3 is 2.80 bits per heavy atom. The fraction of sp³-hybridized carbons (Fsp3) is 0.429. The molecule has 3 rings (SSSR count). The lowest BCUT2D eigenvalue weighted by molar-refractivity contribution is 0.106. The summed E-state index contributed by atoms with van der Waals surface area (Å²) in [6, 6.07) is 8.35. The third-order valence-electron chi connectivity index (χ3n) is 3.16. The molecule has 106 valence electrons. The molecule has 20 heavy (non-hydrogen) atoms. The maximum absolute atomic E-state index is 9.79. The van der Waals surface area contributed by atoms with E-state index in [4.69, 9.17) is 4.74 Å². The van der Waals surface area contributed by atoms with Gasteiger partial charge >= 0.3 is 0 Å². The monoisotopic (exact) mass is 291 g/mol. The van der Waals surface area contributed by atoms with Crippen molar-refractivity contribution in [2.24, 2.45) is 0 Å². The van der Waals surface area contributed by atoms with Crippen molar-refractivity contribution >= 4 is 11.5 Å². The van der Waals surface area contributed by atoms with E-state index in [0.29, 0.717) is 19.2 Å². The largest absolute Gasteiger partial charge is 0.491 e. The number of benzene rings is 1. The Kier molecular flexibility index (Phi) is 4.25. The molecule has 0 bridgehead atoms. The van der Waals surface area contributed by atoms with Crippen LogP contribution >= 0.6 is 11.5 Å². The Morgan fingerprint density at radius 2 is 2.15 bits per heavy atom. The molecule has 1 aliphatic rings. The fourth-order valence-corrected chi connectivity index (χ4v) is 2.37. The van der Waals surface area contributed by atoms with Gasteiger partial charge in [-0.2, -0.15) is 0 Å². The SMILES string of the molecule is OC(CNC1CC1)COc1ccc(-c2cnns2)cc1. The van der Waals surface area contributed by atoms with Crippen molar-refractivity contribution in [1.29, 1.82) is 0 Å². The Bertz CT molecular complexity index is 526. The van der Waals surface area contributed by atoms with E-state index in [-0.39, 0.29) is 0 Å². The lowest BCUT2D eigenvalue weighted by Crippen LogP contribution is -2.32. The molecule has 6 heteroatoms. The maximum Gasteiger partial charge on any atom is 0.119 e. The molecule has 1 heterocycles. The smallest absolute Gasteiger partial charge is 0.119 e. The van der Waals surface area contributed by atoms with Gasteiger partial charge in [0.1, 0.15) is 18.5 Å². The average Bonchev–Trinajstić information content (AvgIpc) is 3.15. The minimum absolute atomic E-state index is 0.307. The molecular formula is C14H17N3O2S. The molecule has 5 nitrogen and oxygen atoms in total. The summed E-state index contributed by atoms with van der Waals surface area (Å²) in [5, 5.41) is 16.9. The highest BCUT2D eigenvalue weighted by Crippen LogP contribution is 2.24. The second-order valence-electron chi connectivity index (χ2n) is 4.95. The van der Waals surface area contributed by atoms with Gasteiger partial charge in [0.25, 0.3) is 0 Å². The first-order valence-electron chi connectivity index (χ1n) is 6.73. The van der Waals surface area contributed by atoms with E-state index in [2.05, 4.69) is 14.9 Å². The van der Waals surface area contributed by atoms with E-state index in [9.17, 15) is 5.11 Å². The number of ether oxygens (including phenoxy) is 1. The number of aliphatic hydroxyl groups is 1. The molecule has 0 aliphatic heterocycles. The Morgan fingerprint density at radius 1 is 1.35 bits per heavy atom. The first-order chi connectivity index (χ1) is 9.81. The van der Waals surface area contributed by atoms with Crippen molar-refractivity contribution in [3.8, 4) is 16.2 Å². The van der Waals surface area contributed by atoms with Crippen LogP contribution in [0.5, 0.6) is 5.75 Å². The quantitative estimate of drug-likeness (QED) is 0.812. The van der Waals surface area contributed by atoms with Crippen molar-refractivity contribution in [2.45, 2.75) is 25.0 Å². The van der Waals surface area contributed by atoms with E-state index in [1.54, 1.807) is 6.20 Å². The van der Waals surface area contributed by atoms with E-state index in [1.165, 1.54) is 24.4 Å². The standard InChI is InChI=1S/C14H17N3O2S/c18-12(7-15-11-3-4-11)9-19-13-5-1-10(2-6-13)14-8-16-17-20-14/h1-2,5-6,8,11-12,15,18H,3-4,7,9H2. The molecule has 1 saturated carbocycles. The number of hydrogen-bond acceptors (Lipinski definition) is 6. The van der Waals surface area contributed by atoms with Crippen LogP contribution in [-0.2, 0) is 0 Å². The number of aromatic nitrogens is 2. The topological polar surface area (TPSA) is 67.3 Å². The summed E-state index contributed by atoms with van der Waals surface area (Å²) in [5.74, 6) is 0.761. The summed E-state index contributed by atoms with van der Waals surface area (Å²) >= 11 is 1.37. The minimum Gasteiger partial charge on any atom is -0.491 e. The molecule has 1 aromatic heterocycles. The fourth-order valence-electron chi connectivity index (χ4n) is 1.85. The van der Waals surface area contributed by atoms with Crippen LogP contribution in [0.25, 0.3) is 10.4 Å². The van der Waals surface area contributed by atoms with Crippen LogP contribution in [0.3, 0.4) is 0 Å². The number of nitrogens with zero attached hydrogens (tertiary/aromatic N) is 2. The first kappa shape index (κ1) is 13.5. The summed E-state index contributed by atoms with van der Waals surface area (Å²) in [6.07, 6.45) is 3.72. The van der Waals surface area contributed by atoms with Gasteiger partial charge in [0, 0.05) is 12.6 Å². The zero-order chi connectivity index (χ0) is 13.8. The van der Waals surface area contributed by atoms with E-state index < -0.39 is 6.10 Å².